The Balaban J connectivity index is 1.78. The maximum Gasteiger partial charge on any atom is 0.164 e. The van der Waals surface area contributed by atoms with E-state index in [1.54, 1.807) is 26.0 Å². The first-order valence-electron chi connectivity index (χ1n) is 8.46. The van der Waals surface area contributed by atoms with Crippen LogP contribution in [0.2, 0.25) is 0 Å². The van der Waals surface area contributed by atoms with E-state index in [1.807, 2.05) is 60.7 Å². The zero-order valence-electron chi connectivity index (χ0n) is 14.4. The Morgan fingerprint density at radius 2 is 1.52 bits per heavy atom. The number of ether oxygens (including phenoxy) is 2. The number of rotatable bonds is 5. The van der Waals surface area contributed by atoms with Crippen molar-refractivity contribution >= 4 is 6.08 Å². The molecule has 0 aliphatic carbocycles. The van der Waals surface area contributed by atoms with E-state index in [9.17, 15) is 10.2 Å². The van der Waals surface area contributed by atoms with Crippen LogP contribution in [0.1, 0.15) is 31.1 Å². The zero-order chi connectivity index (χ0) is 17.9. The fourth-order valence-electron chi connectivity index (χ4n) is 3.03. The van der Waals surface area contributed by atoms with Crippen molar-refractivity contribution in [1.29, 1.82) is 0 Å². The van der Waals surface area contributed by atoms with Gasteiger partial charge in [0.05, 0.1) is 0 Å². The van der Waals surface area contributed by atoms with Crippen molar-refractivity contribution in [1.82, 2.24) is 0 Å². The van der Waals surface area contributed by atoms with Gasteiger partial charge in [-0.3, -0.25) is 0 Å². The van der Waals surface area contributed by atoms with Gasteiger partial charge in [-0.1, -0.05) is 72.8 Å². The summed E-state index contributed by atoms with van der Waals surface area (Å²) in [6.07, 6.45) is 0.541. The predicted molar refractivity (Wildman–Crippen MR) is 96.7 cm³/mol. The molecule has 2 aromatic carbocycles. The number of hydrogen-bond donors (Lipinski definition) is 2. The summed E-state index contributed by atoms with van der Waals surface area (Å²) in [6, 6.07) is 18.9. The Morgan fingerprint density at radius 3 is 2.16 bits per heavy atom. The number of hydrogen-bond acceptors (Lipinski definition) is 4. The van der Waals surface area contributed by atoms with Crippen LogP contribution < -0.4 is 0 Å². The molecule has 4 nitrogen and oxygen atoms in total. The summed E-state index contributed by atoms with van der Waals surface area (Å²) in [5.41, 5.74) is 1.68. The number of aliphatic hydroxyl groups is 2. The first kappa shape index (κ1) is 17.8. The molecule has 25 heavy (non-hydrogen) atoms. The lowest BCUT2D eigenvalue weighted by atomic mass is 9.97. The molecule has 0 amide bonds. The Labute approximate surface area is 148 Å². The molecule has 0 bridgehead atoms. The van der Waals surface area contributed by atoms with Crippen molar-refractivity contribution in [3.05, 3.63) is 77.9 Å². The molecular weight excluding hydrogens is 316 g/mol. The molecule has 0 saturated carbocycles. The second-order valence-electron chi connectivity index (χ2n) is 6.68. The van der Waals surface area contributed by atoms with Gasteiger partial charge in [-0.25, -0.2) is 0 Å². The standard InChI is InChI=1S/C21H24O4/c1-21(2)24-17(14-13-15-9-5-3-6-10-15)20(25-21)19(23)18(22)16-11-7-4-8-12-16/h3-14,17-20,22-23H,1-2H3/b14-13+/t17-,18?,19-,20+/m0/s1. The van der Waals surface area contributed by atoms with Gasteiger partial charge >= 0.3 is 0 Å². The summed E-state index contributed by atoms with van der Waals surface area (Å²) in [5, 5.41) is 21.2. The van der Waals surface area contributed by atoms with Crippen molar-refractivity contribution in [2.45, 2.75) is 44.1 Å². The lowest BCUT2D eigenvalue weighted by molar-refractivity contribution is -0.162. The van der Waals surface area contributed by atoms with Crippen molar-refractivity contribution in [2.24, 2.45) is 0 Å². The summed E-state index contributed by atoms with van der Waals surface area (Å²) >= 11 is 0. The van der Waals surface area contributed by atoms with Crippen molar-refractivity contribution in [2.75, 3.05) is 0 Å². The van der Waals surface area contributed by atoms with E-state index < -0.39 is 30.2 Å². The average Bonchev–Trinajstić information content (AvgIpc) is 2.95. The van der Waals surface area contributed by atoms with Crippen LogP contribution in [0.15, 0.2) is 66.7 Å². The first-order chi connectivity index (χ1) is 12.0. The molecule has 0 spiro atoms. The zero-order valence-corrected chi connectivity index (χ0v) is 14.4. The van der Waals surface area contributed by atoms with Crippen LogP contribution >= 0.6 is 0 Å². The normalized spacial score (nSPS) is 25.1. The minimum atomic E-state index is -1.10. The minimum absolute atomic E-state index is 0.455. The Morgan fingerprint density at radius 1 is 0.920 bits per heavy atom. The molecular formula is C21H24O4. The van der Waals surface area contributed by atoms with Gasteiger partial charge in [0.1, 0.15) is 24.4 Å². The maximum atomic E-state index is 10.7. The summed E-state index contributed by atoms with van der Waals surface area (Å²) < 4.78 is 11.8. The molecule has 3 rings (SSSR count). The second kappa shape index (κ2) is 7.50. The summed E-state index contributed by atoms with van der Waals surface area (Å²) in [5.74, 6) is -0.826. The quantitative estimate of drug-likeness (QED) is 0.877. The van der Waals surface area contributed by atoms with Crippen molar-refractivity contribution in [3.63, 3.8) is 0 Å². The molecule has 2 N–H and O–H groups in total. The maximum absolute atomic E-state index is 10.7. The Hall–Kier alpha value is -1.98. The van der Waals surface area contributed by atoms with Crippen LogP contribution in [-0.2, 0) is 9.47 Å². The topological polar surface area (TPSA) is 58.9 Å². The van der Waals surface area contributed by atoms with Crippen LogP contribution in [-0.4, -0.2) is 34.3 Å². The summed E-state index contributed by atoms with van der Waals surface area (Å²) in [7, 11) is 0. The van der Waals surface area contributed by atoms with E-state index in [-0.39, 0.29) is 0 Å². The average molecular weight is 340 g/mol. The van der Waals surface area contributed by atoms with Crippen LogP contribution in [0, 0.1) is 0 Å². The third-order valence-corrected chi connectivity index (χ3v) is 4.24. The van der Waals surface area contributed by atoms with Crippen LogP contribution in [0.5, 0.6) is 0 Å². The van der Waals surface area contributed by atoms with E-state index in [0.717, 1.165) is 5.56 Å². The van der Waals surface area contributed by atoms with Crippen molar-refractivity contribution in [3.8, 4) is 0 Å². The van der Waals surface area contributed by atoms with Gasteiger partial charge in [0, 0.05) is 0 Å². The highest BCUT2D eigenvalue weighted by Gasteiger charge is 2.45. The molecule has 1 aliphatic rings. The van der Waals surface area contributed by atoms with E-state index in [0.29, 0.717) is 5.56 Å². The lowest BCUT2D eigenvalue weighted by Gasteiger charge is -2.25. The Bertz CT molecular complexity index is 696. The van der Waals surface area contributed by atoms with Gasteiger partial charge in [0.25, 0.3) is 0 Å². The van der Waals surface area contributed by atoms with Crippen LogP contribution in [0.4, 0.5) is 0 Å². The molecule has 1 saturated heterocycles. The molecule has 0 aromatic heterocycles. The molecule has 1 unspecified atom stereocenters. The highest BCUT2D eigenvalue weighted by molar-refractivity contribution is 5.49. The molecule has 0 radical (unpaired) electrons. The van der Waals surface area contributed by atoms with Crippen molar-refractivity contribution < 1.29 is 19.7 Å². The van der Waals surface area contributed by atoms with E-state index in [2.05, 4.69) is 0 Å². The highest BCUT2D eigenvalue weighted by atomic mass is 16.8. The highest BCUT2D eigenvalue weighted by Crippen LogP contribution is 2.34. The number of benzene rings is 2. The van der Waals surface area contributed by atoms with E-state index in [4.69, 9.17) is 9.47 Å². The molecule has 1 heterocycles. The Kier molecular flexibility index (Phi) is 5.35. The fraction of sp³-hybridized carbons (Fsp3) is 0.333. The monoisotopic (exact) mass is 340 g/mol. The van der Waals surface area contributed by atoms with Crippen LogP contribution in [0.3, 0.4) is 0 Å². The second-order valence-corrected chi connectivity index (χ2v) is 6.68. The summed E-state index contributed by atoms with van der Waals surface area (Å²) in [6.45, 7) is 3.61. The van der Waals surface area contributed by atoms with E-state index in [1.165, 1.54) is 0 Å². The third-order valence-electron chi connectivity index (χ3n) is 4.24. The predicted octanol–water partition coefficient (Wildman–Crippen LogP) is 3.31. The largest absolute Gasteiger partial charge is 0.387 e. The first-order valence-corrected chi connectivity index (χ1v) is 8.46. The summed E-state index contributed by atoms with van der Waals surface area (Å²) in [4.78, 5) is 0. The molecule has 1 aliphatic heterocycles. The van der Waals surface area contributed by atoms with Gasteiger partial charge in [-0.2, -0.15) is 0 Å². The molecule has 4 atom stereocenters. The smallest absolute Gasteiger partial charge is 0.164 e. The van der Waals surface area contributed by atoms with Gasteiger partial charge in [-0.15, -0.1) is 0 Å². The molecule has 2 aromatic rings. The van der Waals surface area contributed by atoms with Gasteiger partial charge in [0.2, 0.25) is 0 Å². The van der Waals surface area contributed by atoms with E-state index >= 15 is 0 Å². The van der Waals surface area contributed by atoms with Gasteiger partial charge in [-0.05, 0) is 25.0 Å². The SMILES string of the molecule is CC1(C)O[C@@H]([C@@H](O)C(O)c2ccccc2)[C@H](/C=C/c2ccccc2)O1. The molecule has 4 heteroatoms. The van der Waals surface area contributed by atoms with Gasteiger partial charge < -0.3 is 19.7 Å². The third kappa shape index (κ3) is 4.35. The molecule has 1 fully saturated rings. The number of aliphatic hydroxyl groups excluding tert-OH is 2. The van der Waals surface area contributed by atoms with Gasteiger partial charge in [0.15, 0.2) is 5.79 Å². The van der Waals surface area contributed by atoms with Crippen LogP contribution in [0.25, 0.3) is 6.08 Å². The molecule has 132 valence electrons. The minimum Gasteiger partial charge on any atom is -0.387 e. The fourth-order valence-corrected chi connectivity index (χ4v) is 3.03. The lowest BCUT2D eigenvalue weighted by Crippen LogP contribution is -2.38.